The van der Waals surface area contributed by atoms with Gasteiger partial charge in [-0.05, 0) is 0 Å². The number of rotatable bonds is 1. The molecule has 0 spiro atoms. The first-order valence-electron chi connectivity index (χ1n) is 1.61. The van der Waals surface area contributed by atoms with Crippen molar-refractivity contribution in [2.75, 3.05) is 0 Å². The molecule has 3 radical (unpaired) electrons. The van der Waals surface area contributed by atoms with Gasteiger partial charge in [-0.15, -0.1) is 0 Å². The molecule has 0 aromatic carbocycles. The molecule has 0 aromatic heterocycles. The maximum absolute atomic E-state index is 3.59. The molecule has 0 fully saturated rings. The Morgan fingerprint density at radius 2 is 2.20 bits per heavy atom. The van der Waals surface area contributed by atoms with Gasteiger partial charge in [0, 0.05) is 0 Å². The zero-order valence-corrected chi connectivity index (χ0v) is 7.46. The summed E-state index contributed by atoms with van der Waals surface area (Å²) in [6.07, 6.45) is 1.98. The molecule has 0 aromatic rings. The van der Waals surface area contributed by atoms with Crippen LogP contribution in [0.1, 0.15) is 0 Å². The Morgan fingerprint density at radius 1 is 2.00 bits per heavy atom. The third-order valence-electron chi connectivity index (χ3n) is 0.354. The van der Waals surface area contributed by atoms with E-state index >= 15 is 0 Å². The van der Waals surface area contributed by atoms with Crippen LogP contribution in [0.15, 0.2) is 12.7 Å². The van der Waals surface area contributed by atoms with Crippen LogP contribution in [0.5, 0.6) is 0 Å². The summed E-state index contributed by atoms with van der Waals surface area (Å²) in [7, 11) is 1.25. The maximum atomic E-state index is 3.59. The number of hydrogen-bond donors (Lipinski definition) is 0. The summed E-state index contributed by atoms with van der Waals surface area (Å²) in [5.74, 6) is 0. The van der Waals surface area contributed by atoms with Gasteiger partial charge in [-0.3, -0.25) is 0 Å². The monoisotopic (exact) mass is 145 g/mol. The van der Waals surface area contributed by atoms with Crippen LogP contribution in [-0.4, -0.2) is 26.8 Å². The Morgan fingerprint density at radius 3 is 2.20 bits per heavy atom. The summed E-state index contributed by atoms with van der Waals surface area (Å²) in [6, 6.07) is 0. The Labute approximate surface area is 44.3 Å². The molecule has 27 valence electrons. The normalized spacial score (nSPS) is 14.6. The van der Waals surface area contributed by atoms with Crippen molar-refractivity contribution < 1.29 is 0 Å². The van der Waals surface area contributed by atoms with Crippen molar-refractivity contribution in [3.8, 4) is 0 Å². The molecule has 0 saturated heterocycles. The fourth-order valence-corrected chi connectivity index (χ4v) is 0. The average Bonchev–Trinajstić information content (AvgIpc) is 1.38. The zero-order chi connectivity index (χ0) is 4.28. The van der Waals surface area contributed by atoms with Crippen LogP contribution in [0, 0.1) is 0 Å². The van der Waals surface area contributed by atoms with E-state index in [4.69, 9.17) is 0 Å². The number of allylic oxidation sites excluding steroid dienone is 1. The van der Waals surface area contributed by atoms with Crippen molar-refractivity contribution in [3.63, 3.8) is 0 Å². The molecule has 0 aliphatic heterocycles. The molecule has 2 heteroatoms. The molecule has 0 aliphatic rings. The van der Waals surface area contributed by atoms with Gasteiger partial charge >= 0.3 is 43.8 Å². The fourth-order valence-electron chi connectivity index (χ4n) is 0. The van der Waals surface area contributed by atoms with E-state index < -0.39 is 0 Å². The minimum atomic E-state index is 0.787. The average molecular weight is 144 g/mol. The van der Waals surface area contributed by atoms with Crippen LogP contribution in [-0.2, 0) is 0 Å². The first kappa shape index (κ1) is 5.50. The molecular formula is C3H7GeSi. The quantitative estimate of drug-likeness (QED) is 0.342. The summed E-state index contributed by atoms with van der Waals surface area (Å²) < 4.78 is 0.787. The second-order valence-electron chi connectivity index (χ2n) is 1.02. The standard InChI is InChI=1S/C3H7GeSi/c1-2-3(4)5/h2-3H,1H2,5H3. The zero-order valence-electron chi connectivity index (χ0n) is 3.36. The summed E-state index contributed by atoms with van der Waals surface area (Å²) in [4.78, 5) is 0. The molecule has 0 saturated carbocycles. The van der Waals surface area contributed by atoms with Crippen molar-refractivity contribution in [2.24, 2.45) is 0 Å². The Balaban J connectivity index is 2.83. The van der Waals surface area contributed by atoms with Gasteiger partial charge in [0.25, 0.3) is 0 Å². The first-order valence-corrected chi connectivity index (χ1v) is 3.97. The molecule has 0 N–H and O–H groups in total. The summed E-state index contributed by atoms with van der Waals surface area (Å²) in [5, 5.41) is 0. The van der Waals surface area contributed by atoms with E-state index in [2.05, 4.69) is 23.1 Å². The second kappa shape index (κ2) is 2.72. The predicted octanol–water partition coefficient (Wildman–Crippen LogP) is -0.548. The SMILES string of the molecule is C=C[CH]([SiH3])[Ge]. The minimum absolute atomic E-state index is 0.787. The van der Waals surface area contributed by atoms with Gasteiger partial charge < -0.3 is 0 Å². The predicted molar refractivity (Wildman–Crippen MR) is 29.6 cm³/mol. The van der Waals surface area contributed by atoms with Gasteiger partial charge in [-0.25, -0.2) is 0 Å². The summed E-state index contributed by atoms with van der Waals surface area (Å²) in [6.45, 7) is 3.59. The van der Waals surface area contributed by atoms with Crippen LogP contribution in [0.3, 0.4) is 0 Å². The molecule has 0 amide bonds. The van der Waals surface area contributed by atoms with Gasteiger partial charge in [0.2, 0.25) is 0 Å². The first-order chi connectivity index (χ1) is 2.27. The van der Waals surface area contributed by atoms with Gasteiger partial charge in [0.1, 0.15) is 0 Å². The van der Waals surface area contributed by atoms with E-state index in [1.54, 1.807) is 0 Å². The van der Waals surface area contributed by atoms with E-state index in [9.17, 15) is 0 Å². The third kappa shape index (κ3) is 4.50. The van der Waals surface area contributed by atoms with Gasteiger partial charge in [0.05, 0.1) is 0 Å². The van der Waals surface area contributed by atoms with Gasteiger partial charge in [0.15, 0.2) is 0 Å². The second-order valence-corrected chi connectivity index (χ2v) is 6.60. The Hall–Kier alpha value is 0.500. The van der Waals surface area contributed by atoms with Gasteiger partial charge in [-0.2, -0.15) is 0 Å². The molecule has 5 heavy (non-hydrogen) atoms. The number of hydrogen-bond acceptors (Lipinski definition) is 0. The van der Waals surface area contributed by atoms with Crippen molar-refractivity contribution in [2.45, 2.75) is 4.37 Å². The molecule has 0 bridgehead atoms. The van der Waals surface area contributed by atoms with E-state index in [0.29, 0.717) is 0 Å². The molecule has 0 rings (SSSR count). The van der Waals surface area contributed by atoms with E-state index in [1.807, 2.05) is 6.08 Å². The van der Waals surface area contributed by atoms with Crippen molar-refractivity contribution >= 4 is 26.8 Å². The summed E-state index contributed by atoms with van der Waals surface area (Å²) in [5.41, 5.74) is 0. The summed E-state index contributed by atoms with van der Waals surface area (Å²) >= 11 is 2.17. The Bertz CT molecular complexity index is 33.9. The molecule has 1 atom stereocenters. The van der Waals surface area contributed by atoms with E-state index in [0.717, 1.165) is 4.37 Å². The van der Waals surface area contributed by atoms with Crippen LogP contribution in [0.4, 0.5) is 0 Å². The molecule has 1 unspecified atom stereocenters. The van der Waals surface area contributed by atoms with Crippen molar-refractivity contribution in [3.05, 3.63) is 12.7 Å². The third-order valence-corrected chi connectivity index (χ3v) is 1.32. The van der Waals surface area contributed by atoms with Crippen molar-refractivity contribution in [1.29, 1.82) is 0 Å². The van der Waals surface area contributed by atoms with E-state index in [1.165, 1.54) is 10.2 Å². The van der Waals surface area contributed by atoms with E-state index in [-0.39, 0.29) is 0 Å². The molecule has 0 aliphatic carbocycles. The van der Waals surface area contributed by atoms with Gasteiger partial charge in [-0.1, -0.05) is 0 Å². The molecule has 0 nitrogen and oxygen atoms in total. The fraction of sp³-hybridized carbons (Fsp3) is 0.333. The topological polar surface area (TPSA) is 0 Å². The molecular weight excluding hydrogens is 137 g/mol. The van der Waals surface area contributed by atoms with Crippen LogP contribution < -0.4 is 0 Å². The van der Waals surface area contributed by atoms with Crippen molar-refractivity contribution in [1.82, 2.24) is 0 Å². The Kier molecular flexibility index (Phi) is 2.99. The molecule has 0 heterocycles. The van der Waals surface area contributed by atoms with Crippen LogP contribution in [0.2, 0.25) is 4.37 Å². The van der Waals surface area contributed by atoms with Crippen LogP contribution >= 0.6 is 0 Å². The van der Waals surface area contributed by atoms with Crippen LogP contribution in [0.25, 0.3) is 0 Å².